The van der Waals surface area contributed by atoms with Gasteiger partial charge in [0.25, 0.3) is 0 Å². The van der Waals surface area contributed by atoms with E-state index in [0.717, 1.165) is 0 Å². The maximum absolute atomic E-state index is 11.4. The number of rotatable bonds is 4. The Bertz CT molecular complexity index is 407. The Kier molecular flexibility index (Phi) is 4.78. The lowest BCUT2D eigenvalue weighted by atomic mass is 10.2. The molecule has 0 aliphatic rings. The van der Waals surface area contributed by atoms with Crippen LogP contribution in [0.25, 0.3) is 0 Å². The summed E-state index contributed by atoms with van der Waals surface area (Å²) in [4.78, 5) is 12.9. The lowest BCUT2D eigenvalue weighted by molar-refractivity contribution is -0.117. The molecule has 0 radical (unpaired) electrons. The van der Waals surface area contributed by atoms with Gasteiger partial charge in [-0.1, -0.05) is 11.6 Å². The minimum Gasteiger partial charge on any atom is -0.489 e. The molecule has 0 atom stereocenters. The van der Waals surface area contributed by atoms with Crippen LogP contribution < -0.4 is 15.4 Å². The van der Waals surface area contributed by atoms with Crippen molar-refractivity contribution in [3.05, 3.63) is 23.2 Å². The standard InChI is InChI=1S/C12H17ClN2O2/c1-8(2)17-11-5-4-9(6-10(11)13)15(3)12(16)7-14/h4-6,8H,7,14H2,1-3H3. The van der Waals surface area contributed by atoms with Crippen LogP contribution in [0.5, 0.6) is 5.75 Å². The molecule has 0 aliphatic heterocycles. The highest BCUT2D eigenvalue weighted by Gasteiger charge is 2.11. The van der Waals surface area contributed by atoms with Gasteiger partial charge in [0.2, 0.25) is 5.91 Å². The van der Waals surface area contributed by atoms with E-state index in [-0.39, 0.29) is 18.6 Å². The number of carbonyl (C=O) groups is 1. The highest BCUT2D eigenvalue weighted by Crippen LogP contribution is 2.29. The highest BCUT2D eigenvalue weighted by atomic mass is 35.5. The van der Waals surface area contributed by atoms with E-state index >= 15 is 0 Å². The van der Waals surface area contributed by atoms with Crippen molar-refractivity contribution in [2.24, 2.45) is 5.73 Å². The number of hydrogen-bond donors (Lipinski definition) is 1. The zero-order chi connectivity index (χ0) is 13.0. The summed E-state index contributed by atoms with van der Waals surface area (Å²) in [5.74, 6) is 0.442. The molecule has 94 valence electrons. The van der Waals surface area contributed by atoms with Gasteiger partial charge < -0.3 is 15.4 Å². The summed E-state index contributed by atoms with van der Waals surface area (Å²) in [5, 5.41) is 0.480. The maximum Gasteiger partial charge on any atom is 0.240 e. The Morgan fingerprint density at radius 3 is 2.65 bits per heavy atom. The molecular formula is C12H17ClN2O2. The van der Waals surface area contributed by atoms with Crippen LogP contribution in [0.2, 0.25) is 5.02 Å². The molecule has 0 spiro atoms. The van der Waals surface area contributed by atoms with E-state index in [1.54, 1.807) is 25.2 Å². The zero-order valence-electron chi connectivity index (χ0n) is 10.2. The van der Waals surface area contributed by atoms with Gasteiger partial charge in [0, 0.05) is 12.7 Å². The maximum atomic E-state index is 11.4. The van der Waals surface area contributed by atoms with Crippen molar-refractivity contribution >= 4 is 23.2 Å². The van der Waals surface area contributed by atoms with Gasteiger partial charge in [0.1, 0.15) is 5.75 Å². The second kappa shape index (κ2) is 5.89. The summed E-state index contributed by atoms with van der Waals surface area (Å²) in [6.45, 7) is 3.82. The van der Waals surface area contributed by atoms with Gasteiger partial charge >= 0.3 is 0 Å². The normalized spacial score (nSPS) is 10.5. The van der Waals surface area contributed by atoms with Gasteiger partial charge in [-0.2, -0.15) is 0 Å². The van der Waals surface area contributed by atoms with Crippen LogP contribution in [-0.2, 0) is 4.79 Å². The highest BCUT2D eigenvalue weighted by molar-refractivity contribution is 6.32. The Morgan fingerprint density at radius 1 is 1.53 bits per heavy atom. The quantitative estimate of drug-likeness (QED) is 0.897. The number of ether oxygens (including phenoxy) is 1. The van der Waals surface area contributed by atoms with Gasteiger partial charge in [-0.05, 0) is 32.0 Å². The summed E-state index contributed by atoms with van der Waals surface area (Å²) in [6.07, 6.45) is 0.0572. The van der Waals surface area contributed by atoms with Crippen molar-refractivity contribution in [2.45, 2.75) is 20.0 Å². The number of anilines is 1. The minimum absolute atomic E-state index is 0.0294. The lowest BCUT2D eigenvalue weighted by Gasteiger charge is -2.18. The molecule has 5 heteroatoms. The first-order valence-electron chi connectivity index (χ1n) is 5.38. The molecule has 0 bridgehead atoms. The molecule has 2 N–H and O–H groups in total. The zero-order valence-corrected chi connectivity index (χ0v) is 11.0. The van der Waals surface area contributed by atoms with E-state index in [1.165, 1.54) is 4.90 Å². The van der Waals surface area contributed by atoms with Gasteiger partial charge in [0.05, 0.1) is 17.7 Å². The molecule has 0 saturated heterocycles. The SMILES string of the molecule is CC(C)Oc1ccc(N(C)C(=O)CN)cc1Cl. The molecule has 0 aromatic heterocycles. The number of hydrogen-bond acceptors (Lipinski definition) is 3. The molecule has 0 aliphatic carbocycles. The summed E-state index contributed by atoms with van der Waals surface area (Å²) in [6, 6.07) is 5.21. The summed E-state index contributed by atoms with van der Waals surface area (Å²) >= 11 is 6.07. The molecule has 0 fully saturated rings. The predicted molar refractivity (Wildman–Crippen MR) is 69.7 cm³/mol. The van der Waals surface area contributed by atoms with E-state index in [9.17, 15) is 4.79 Å². The van der Waals surface area contributed by atoms with E-state index in [0.29, 0.717) is 16.5 Å². The summed E-state index contributed by atoms with van der Waals surface area (Å²) in [7, 11) is 1.66. The largest absolute Gasteiger partial charge is 0.489 e. The fraction of sp³-hybridized carbons (Fsp3) is 0.417. The van der Waals surface area contributed by atoms with Crippen molar-refractivity contribution in [2.75, 3.05) is 18.5 Å². The minimum atomic E-state index is -0.168. The monoisotopic (exact) mass is 256 g/mol. The van der Waals surface area contributed by atoms with Crippen LogP contribution >= 0.6 is 11.6 Å². The molecule has 4 nitrogen and oxygen atoms in total. The van der Waals surface area contributed by atoms with E-state index in [2.05, 4.69) is 0 Å². The molecule has 0 saturated carbocycles. The molecule has 1 rings (SSSR count). The summed E-state index contributed by atoms with van der Waals surface area (Å²) in [5.41, 5.74) is 5.99. The third-order valence-corrected chi connectivity index (χ3v) is 2.51. The average Bonchev–Trinajstić information content (AvgIpc) is 2.29. The average molecular weight is 257 g/mol. The number of amides is 1. The predicted octanol–water partition coefficient (Wildman–Crippen LogP) is 2.05. The summed E-state index contributed by atoms with van der Waals surface area (Å²) < 4.78 is 5.51. The first kappa shape index (κ1) is 13.8. The molecule has 1 aromatic carbocycles. The molecule has 0 unspecified atom stereocenters. The Morgan fingerprint density at radius 2 is 2.18 bits per heavy atom. The molecule has 1 aromatic rings. The molecule has 0 heterocycles. The van der Waals surface area contributed by atoms with E-state index in [1.807, 2.05) is 13.8 Å². The fourth-order valence-electron chi connectivity index (χ4n) is 1.33. The third-order valence-electron chi connectivity index (χ3n) is 2.21. The first-order valence-corrected chi connectivity index (χ1v) is 5.76. The number of carbonyl (C=O) groups excluding carboxylic acids is 1. The van der Waals surface area contributed by atoms with Crippen LogP contribution in [0.1, 0.15) is 13.8 Å². The topological polar surface area (TPSA) is 55.6 Å². The molecular weight excluding hydrogens is 240 g/mol. The lowest BCUT2D eigenvalue weighted by Crippen LogP contribution is -2.32. The number of benzene rings is 1. The number of likely N-dealkylation sites (N-methyl/N-ethyl adjacent to an activating group) is 1. The van der Waals surface area contributed by atoms with Gasteiger partial charge in [-0.3, -0.25) is 4.79 Å². The van der Waals surface area contributed by atoms with Gasteiger partial charge in [0.15, 0.2) is 0 Å². The van der Waals surface area contributed by atoms with Crippen LogP contribution in [0.3, 0.4) is 0 Å². The fourth-order valence-corrected chi connectivity index (χ4v) is 1.55. The van der Waals surface area contributed by atoms with Crippen LogP contribution in [-0.4, -0.2) is 25.6 Å². The second-order valence-corrected chi connectivity index (χ2v) is 4.35. The van der Waals surface area contributed by atoms with Crippen LogP contribution in [0, 0.1) is 0 Å². The van der Waals surface area contributed by atoms with Crippen molar-refractivity contribution in [3.63, 3.8) is 0 Å². The van der Waals surface area contributed by atoms with Gasteiger partial charge in [-0.25, -0.2) is 0 Å². The number of halogens is 1. The van der Waals surface area contributed by atoms with Crippen LogP contribution in [0.15, 0.2) is 18.2 Å². The number of nitrogens with zero attached hydrogens (tertiary/aromatic N) is 1. The Labute approximate surface area is 106 Å². The van der Waals surface area contributed by atoms with E-state index in [4.69, 9.17) is 22.1 Å². The first-order chi connectivity index (χ1) is 7.95. The Hall–Kier alpha value is -1.26. The molecule has 17 heavy (non-hydrogen) atoms. The van der Waals surface area contributed by atoms with Crippen molar-refractivity contribution < 1.29 is 9.53 Å². The Balaban J connectivity index is 2.92. The van der Waals surface area contributed by atoms with Gasteiger partial charge in [-0.15, -0.1) is 0 Å². The smallest absolute Gasteiger partial charge is 0.240 e. The third kappa shape index (κ3) is 3.61. The van der Waals surface area contributed by atoms with Crippen molar-refractivity contribution in [1.82, 2.24) is 0 Å². The van der Waals surface area contributed by atoms with E-state index < -0.39 is 0 Å². The number of nitrogens with two attached hydrogens (primary N) is 1. The van der Waals surface area contributed by atoms with Crippen LogP contribution in [0.4, 0.5) is 5.69 Å². The van der Waals surface area contributed by atoms with Crippen molar-refractivity contribution in [3.8, 4) is 5.75 Å². The van der Waals surface area contributed by atoms with Crippen molar-refractivity contribution in [1.29, 1.82) is 0 Å². The molecule has 1 amide bonds. The second-order valence-electron chi connectivity index (χ2n) is 3.94.